The Balaban J connectivity index is 1.51. The molecule has 0 unspecified atom stereocenters. The van der Waals surface area contributed by atoms with E-state index in [1.807, 2.05) is 0 Å². The van der Waals surface area contributed by atoms with Crippen LogP contribution < -0.4 is 16.0 Å². The van der Waals surface area contributed by atoms with Crippen LogP contribution in [0.3, 0.4) is 0 Å². The lowest BCUT2D eigenvalue weighted by molar-refractivity contribution is -0.384. The molecule has 10 heteroatoms. The Morgan fingerprint density at radius 3 is 2.65 bits per heavy atom. The molecule has 1 amide bonds. The van der Waals surface area contributed by atoms with Crippen LogP contribution in [0.4, 0.5) is 17.5 Å². The molecule has 0 atom stereocenters. The third-order valence-electron chi connectivity index (χ3n) is 3.68. The second kappa shape index (κ2) is 7.96. The number of halogens is 1. The third-order valence-corrected chi connectivity index (χ3v) is 3.94. The molecule has 0 saturated heterocycles. The van der Waals surface area contributed by atoms with E-state index in [2.05, 4.69) is 25.9 Å². The van der Waals surface area contributed by atoms with Gasteiger partial charge in [-0.3, -0.25) is 14.9 Å². The van der Waals surface area contributed by atoms with Crippen LogP contribution in [0.15, 0.2) is 30.5 Å². The Morgan fingerprint density at radius 2 is 2.00 bits per heavy atom. The van der Waals surface area contributed by atoms with Gasteiger partial charge in [-0.15, -0.1) is 0 Å². The van der Waals surface area contributed by atoms with Crippen molar-refractivity contribution in [2.24, 2.45) is 0 Å². The van der Waals surface area contributed by atoms with Crippen molar-refractivity contribution in [1.82, 2.24) is 15.3 Å². The fourth-order valence-electron chi connectivity index (χ4n) is 2.18. The molecule has 0 aliphatic heterocycles. The van der Waals surface area contributed by atoms with E-state index >= 15 is 0 Å². The largest absolute Gasteiger partial charge is 0.361 e. The average Bonchev–Trinajstić information content (AvgIpc) is 3.43. The zero-order valence-electron chi connectivity index (χ0n) is 13.7. The highest BCUT2D eigenvalue weighted by molar-refractivity contribution is 6.30. The Bertz CT molecular complexity index is 810. The number of amides is 1. The molecular formula is C16H17ClN6O3. The smallest absolute Gasteiger partial charge is 0.329 e. The first-order valence-electron chi connectivity index (χ1n) is 8.08. The molecule has 1 aliphatic carbocycles. The highest BCUT2D eigenvalue weighted by Crippen LogP contribution is 2.29. The Hall–Kier alpha value is -2.94. The van der Waals surface area contributed by atoms with Crippen LogP contribution in [0.25, 0.3) is 0 Å². The van der Waals surface area contributed by atoms with Gasteiger partial charge in [-0.2, -0.15) is 4.98 Å². The van der Waals surface area contributed by atoms with Crippen molar-refractivity contribution in [2.75, 3.05) is 23.7 Å². The summed E-state index contributed by atoms with van der Waals surface area (Å²) in [6.07, 6.45) is 3.12. The average molecular weight is 377 g/mol. The number of rotatable bonds is 8. The van der Waals surface area contributed by atoms with Gasteiger partial charge in [-0.05, 0) is 37.1 Å². The molecule has 3 rings (SSSR count). The number of aromatic nitrogens is 2. The number of hydrogen-bond donors (Lipinski definition) is 3. The Kier molecular flexibility index (Phi) is 5.47. The van der Waals surface area contributed by atoms with Crippen molar-refractivity contribution in [2.45, 2.75) is 18.9 Å². The summed E-state index contributed by atoms with van der Waals surface area (Å²) in [4.78, 5) is 30.6. The molecule has 1 aliphatic rings. The van der Waals surface area contributed by atoms with Gasteiger partial charge in [0.25, 0.3) is 5.91 Å². The van der Waals surface area contributed by atoms with Crippen LogP contribution in [0.1, 0.15) is 23.2 Å². The second-order valence-corrected chi connectivity index (χ2v) is 6.23. The summed E-state index contributed by atoms with van der Waals surface area (Å²) in [5.41, 5.74) is 0.357. The molecule has 0 radical (unpaired) electrons. The molecule has 1 saturated carbocycles. The van der Waals surface area contributed by atoms with E-state index in [-0.39, 0.29) is 29.4 Å². The summed E-state index contributed by atoms with van der Waals surface area (Å²) >= 11 is 5.79. The fraction of sp³-hybridized carbons (Fsp3) is 0.312. The predicted octanol–water partition coefficient (Wildman–Crippen LogP) is 2.45. The van der Waals surface area contributed by atoms with Gasteiger partial charge in [0, 0.05) is 29.7 Å². The molecule has 3 N–H and O–H groups in total. The zero-order valence-corrected chi connectivity index (χ0v) is 14.5. The maximum atomic E-state index is 12.0. The van der Waals surface area contributed by atoms with Gasteiger partial charge in [0.1, 0.15) is 6.20 Å². The SMILES string of the molecule is O=C(NCCNc1ncc([N+](=O)[O-])c(NC2CC2)n1)c1ccc(Cl)cc1. The van der Waals surface area contributed by atoms with Crippen molar-refractivity contribution in [3.05, 3.63) is 51.2 Å². The highest BCUT2D eigenvalue weighted by Gasteiger charge is 2.26. The monoisotopic (exact) mass is 376 g/mol. The molecule has 9 nitrogen and oxygen atoms in total. The fourth-order valence-corrected chi connectivity index (χ4v) is 2.30. The summed E-state index contributed by atoms with van der Waals surface area (Å²) < 4.78 is 0. The number of carbonyl (C=O) groups is 1. The summed E-state index contributed by atoms with van der Waals surface area (Å²) in [6, 6.07) is 6.80. The first-order chi connectivity index (χ1) is 12.5. The lowest BCUT2D eigenvalue weighted by Gasteiger charge is -2.09. The second-order valence-electron chi connectivity index (χ2n) is 5.79. The minimum absolute atomic E-state index is 0.154. The topological polar surface area (TPSA) is 122 Å². The normalized spacial score (nSPS) is 13.1. The van der Waals surface area contributed by atoms with E-state index in [9.17, 15) is 14.9 Å². The highest BCUT2D eigenvalue weighted by atomic mass is 35.5. The zero-order chi connectivity index (χ0) is 18.5. The lowest BCUT2D eigenvalue weighted by Crippen LogP contribution is -2.29. The number of carbonyl (C=O) groups excluding carboxylic acids is 1. The van der Waals surface area contributed by atoms with Crippen LogP contribution in [-0.2, 0) is 0 Å². The van der Waals surface area contributed by atoms with E-state index in [1.165, 1.54) is 6.20 Å². The van der Waals surface area contributed by atoms with Crippen molar-refractivity contribution in [3.8, 4) is 0 Å². The van der Waals surface area contributed by atoms with Crippen LogP contribution in [0, 0.1) is 10.1 Å². The van der Waals surface area contributed by atoms with Gasteiger partial charge in [0.05, 0.1) is 4.92 Å². The molecule has 136 valence electrons. The van der Waals surface area contributed by atoms with Crippen molar-refractivity contribution < 1.29 is 9.72 Å². The maximum absolute atomic E-state index is 12.0. The van der Waals surface area contributed by atoms with Crippen molar-refractivity contribution in [3.63, 3.8) is 0 Å². The summed E-state index contributed by atoms with van der Waals surface area (Å²) in [5, 5.41) is 20.3. The minimum Gasteiger partial charge on any atom is -0.361 e. The summed E-state index contributed by atoms with van der Waals surface area (Å²) in [7, 11) is 0. The predicted molar refractivity (Wildman–Crippen MR) is 97.6 cm³/mol. The Morgan fingerprint density at radius 1 is 1.27 bits per heavy atom. The molecule has 0 bridgehead atoms. The minimum atomic E-state index is -0.513. The molecule has 1 aromatic heterocycles. The van der Waals surface area contributed by atoms with E-state index in [0.717, 1.165) is 12.8 Å². The van der Waals surface area contributed by atoms with Gasteiger partial charge >= 0.3 is 5.69 Å². The van der Waals surface area contributed by atoms with Crippen molar-refractivity contribution in [1.29, 1.82) is 0 Å². The number of anilines is 2. The number of nitrogens with one attached hydrogen (secondary N) is 3. The molecule has 2 aromatic rings. The lowest BCUT2D eigenvalue weighted by atomic mass is 10.2. The van der Waals surface area contributed by atoms with E-state index in [0.29, 0.717) is 23.7 Å². The van der Waals surface area contributed by atoms with Gasteiger partial charge in [0.2, 0.25) is 11.8 Å². The van der Waals surface area contributed by atoms with Crippen molar-refractivity contribution >= 4 is 35.0 Å². The standard InChI is InChI=1S/C16H17ClN6O3/c17-11-3-1-10(2-4-11)15(24)18-7-8-19-16-20-9-13(23(25)26)14(22-16)21-12-5-6-12/h1-4,9,12H,5-8H2,(H,18,24)(H2,19,20,21,22). The van der Waals surface area contributed by atoms with E-state index < -0.39 is 4.92 Å². The number of nitro groups is 1. The number of nitrogens with zero attached hydrogens (tertiary/aromatic N) is 3. The third kappa shape index (κ3) is 4.79. The van der Waals surface area contributed by atoms with Gasteiger partial charge in [0.15, 0.2) is 0 Å². The molecule has 1 heterocycles. The van der Waals surface area contributed by atoms with Crippen LogP contribution in [0.2, 0.25) is 5.02 Å². The summed E-state index contributed by atoms with van der Waals surface area (Å²) in [5.74, 6) is 0.254. The number of hydrogen-bond acceptors (Lipinski definition) is 7. The maximum Gasteiger partial charge on any atom is 0.329 e. The quantitative estimate of drug-likeness (QED) is 0.367. The van der Waals surface area contributed by atoms with E-state index in [1.54, 1.807) is 24.3 Å². The molecule has 1 fully saturated rings. The first-order valence-corrected chi connectivity index (χ1v) is 8.46. The van der Waals surface area contributed by atoms with Crippen LogP contribution >= 0.6 is 11.6 Å². The molecule has 26 heavy (non-hydrogen) atoms. The number of benzene rings is 1. The molecule has 1 aromatic carbocycles. The van der Waals surface area contributed by atoms with Crippen LogP contribution in [0.5, 0.6) is 0 Å². The van der Waals surface area contributed by atoms with Gasteiger partial charge < -0.3 is 16.0 Å². The Labute approximate surface area is 154 Å². The van der Waals surface area contributed by atoms with E-state index in [4.69, 9.17) is 11.6 Å². The molecule has 0 spiro atoms. The first kappa shape index (κ1) is 17.9. The van der Waals surface area contributed by atoms with Crippen LogP contribution in [-0.4, -0.2) is 39.9 Å². The van der Waals surface area contributed by atoms with Gasteiger partial charge in [-0.1, -0.05) is 11.6 Å². The van der Waals surface area contributed by atoms with Gasteiger partial charge in [-0.25, -0.2) is 4.98 Å². The molecular weight excluding hydrogens is 360 g/mol. The summed E-state index contributed by atoms with van der Waals surface area (Å²) in [6.45, 7) is 0.715.